The number of alkyl carbamates (subject to hydrolysis) is 1. The minimum atomic E-state index is -5.13. The fourth-order valence-electron chi connectivity index (χ4n) is 6.47. The van der Waals surface area contributed by atoms with Crippen molar-refractivity contribution >= 4 is 35.3 Å². The van der Waals surface area contributed by atoms with Crippen LogP contribution in [-0.2, 0) is 45.8 Å². The van der Waals surface area contributed by atoms with Crippen LogP contribution in [0.2, 0.25) is 0 Å². The number of carbonyl (C=O) groups excluding carboxylic acids is 5. The fourth-order valence-corrected chi connectivity index (χ4v) is 6.47. The number of benzene rings is 1. The lowest BCUT2D eigenvalue weighted by atomic mass is 9.85. The molecule has 13 nitrogen and oxygen atoms in total. The van der Waals surface area contributed by atoms with E-state index >= 15 is 0 Å². The van der Waals surface area contributed by atoms with Crippen LogP contribution in [0, 0.1) is 5.41 Å². The molecule has 0 bridgehead atoms. The van der Waals surface area contributed by atoms with E-state index in [0.29, 0.717) is 44.4 Å². The number of hydroxylamine groups is 1. The van der Waals surface area contributed by atoms with Crippen molar-refractivity contribution in [1.29, 1.82) is 0 Å². The molecule has 2 saturated heterocycles. The molecule has 0 aromatic heterocycles. The van der Waals surface area contributed by atoms with Gasteiger partial charge in [0.1, 0.15) is 23.8 Å². The lowest BCUT2D eigenvalue weighted by Crippen LogP contribution is -2.59. The average molecular weight is 776 g/mol. The van der Waals surface area contributed by atoms with Gasteiger partial charge in [-0.05, 0) is 49.0 Å². The van der Waals surface area contributed by atoms with E-state index in [-0.39, 0.29) is 37.3 Å². The van der Waals surface area contributed by atoms with Crippen molar-refractivity contribution in [3.8, 4) is 0 Å². The van der Waals surface area contributed by atoms with Gasteiger partial charge in [0.25, 0.3) is 5.91 Å². The van der Waals surface area contributed by atoms with Crippen molar-refractivity contribution < 1.29 is 64.6 Å². The van der Waals surface area contributed by atoms with Crippen LogP contribution >= 0.6 is 0 Å². The van der Waals surface area contributed by atoms with E-state index in [1.54, 1.807) is 27.7 Å². The highest BCUT2D eigenvalue weighted by molar-refractivity contribution is 6.38. The zero-order valence-electron chi connectivity index (χ0n) is 30.0. The maximum atomic E-state index is 14.4. The van der Waals surface area contributed by atoms with Crippen LogP contribution in [0.25, 0.3) is 5.70 Å². The Balaban J connectivity index is 1.48. The summed E-state index contributed by atoms with van der Waals surface area (Å²) in [6.45, 7) is 6.72. The summed E-state index contributed by atoms with van der Waals surface area (Å²) in [6, 6.07) is -3.21. The number of Topliss-reactive ketones (excluding diaryl/α,β-unsaturated/α-hetero) is 1. The molecule has 3 aliphatic heterocycles. The summed E-state index contributed by atoms with van der Waals surface area (Å²) in [5.41, 5.74) is -4.25. The Morgan fingerprint density at radius 3 is 2.17 bits per heavy atom. The summed E-state index contributed by atoms with van der Waals surface area (Å²) in [5.74, 6) is -3.46. The number of alkyl halides is 6. The molecule has 19 heteroatoms. The van der Waals surface area contributed by atoms with Gasteiger partial charge in [-0.3, -0.25) is 29.5 Å². The lowest BCUT2D eigenvalue weighted by Gasteiger charge is -2.35. The van der Waals surface area contributed by atoms with Crippen LogP contribution in [0.1, 0.15) is 82.9 Å². The van der Waals surface area contributed by atoms with Gasteiger partial charge in [-0.15, -0.1) is 0 Å². The molecule has 1 aliphatic carbocycles. The van der Waals surface area contributed by atoms with Gasteiger partial charge in [0, 0.05) is 24.4 Å². The molecule has 298 valence electrons. The number of nitrogens with one attached hydrogen (secondary N) is 4. The number of carbonyl (C=O) groups is 5. The van der Waals surface area contributed by atoms with Crippen molar-refractivity contribution in [2.24, 2.45) is 5.41 Å². The lowest BCUT2D eigenvalue weighted by molar-refractivity contribution is -0.144. The highest BCUT2D eigenvalue weighted by atomic mass is 19.4. The minimum absolute atomic E-state index is 0.0186. The van der Waals surface area contributed by atoms with Gasteiger partial charge >= 0.3 is 18.4 Å². The molecule has 4 amide bonds. The van der Waals surface area contributed by atoms with E-state index in [9.17, 15) is 50.3 Å². The summed E-state index contributed by atoms with van der Waals surface area (Å²) in [7, 11) is 0. The van der Waals surface area contributed by atoms with Gasteiger partial charge in [-0.25, -0.2) is 4.79 Å². The molecule has 3 heterocycles. The summed E-state index contributed by atoms with van der Waals surface area (Å²) >= 11 is 0. The van der Waals surface area contributed by atoms with Crippen molar-refractivity contribution in [1.82, 2.24) is 26.3 Å². The van der Waals surface area contributed by atoms with Crippen LogP contribution in [0.15, 0.2) is 24.3 Å². The van der Waals surface area contributed by atoms with Gasteiger partial charge in [0.2, 0.25) is 17.6 Å². The van der Waals surface area contributed by atoms with E-state index < -0.39 is 100 Å². The molecule has 5 atom stereocenters. The van der Waals surface area contributed by atoms with Crippen LogP contribution in [0.4, 0.5) is 31.1 Å². The normalized spacial score (nSPS) is 24.0. The fraction of sp³-hybridized carbons (Fsp3) is 0.629. The number of ether oxygens (including phenoxy) is 2. The van der Waals surface area contributed by atoms with E-state index in [1.807, 2.05) is 0 Å². The minimum Gasteiger partial charge on any atom is -0.444 e. The number of rotatable bonds is 11. The number of ketones is 1. The SMILES string of the molecule is CCC[C@H](NC(=O)[C@@H]1C[C@]2(C=C(c3cc(C(F)(F)F)cc(C(F)(F)F)c3)NO2)CN1C(=O)[C@@H](NC(=O)O[C@H]1CCOC1)C(C)(C)C)C(=O)C(=O)NC1CC1. The van der Waals surface area contributed by atoms with Crippen molar-refractivity contribution in [3.05, 3.63) is 41.0 Å². The van der Waals surface area contributed by atoms with Crippen molar-refractivity contribution in [2.45, 2.75) is 114 Å². The number of hydrogen-bond acceptors (Lipinski definition) is 9. The molecule has 0 unspecified atom stereocenters. The standard InChI is InChI=1S/C35H43F6N5O8/c1-5-6-23(26(47)29(49)42-21-7-8-21)43-28(48)25-15-33(14-24(45-54-33)18-11-19(34(36,37)38)13-20(12-18)35(39,40)41)17-46(25)30(50)27(32(2,3)4)44-31(51)53-22-9-10-52-16-22/h11-14,21-23,25,27,45H,5-10,15-17H2,1-4H3,(H,42,49)(H,43,48)(H,44,51)/t22-,23-,25-,27+,33+/m0/s1. The Labute approximate surface area is 306 Å². The quantitative estimate of drug-likeness (QED) is 0.192. The topological polar surface area (TPSA) is 164 Å². The van der Waals surface area contributed by atoms with Gasteiger partial charge in [0.05, 0.1) is 42.6 Å². The Morgan fingerprint density at radius 1 is 0.981 bits per heavy atom. The number of amides is 4. The molecule has 54 heavy (non-hydrogen) atoms. The smallest absolute Gasteiger partial charge is 0.416 e. The second-order valence-electron chi connectivity index (χ2n) is 15.1. The van der Waals surface area contributed by atoms with Gasteiger partial charge in [-0.1, -0.05) is 34.1 Å². The first-order valence-corrected chi connectivity index (χ1v) is 17.6. The molecule has 3 fully saturated rings. The van der Waals surface area contributed by atoms with Crippen molar-refractivity contribution in [2.75, 3.05) is 19.8 Å². The third kappa shape index (κ3) is 9.64. The summed E-state index contributed by atoms with van der Waals surface area (Å²) in [6.07, 6.45) is -8.65. The second kappa shape index (κ2) is 15.4. The Kier molecular flexibility index (Phi) is 11.6. The van der Waals surface area contributed by atoms with E-state index in [4.69, 9.17) is 14.3 Å². The molecule has 4 aliphatic rings. The second-order valence-corrected chi connectivity index (χ2v) is 15.1. The molecular weight excluding hydrogens is 732 g/mol. The Bertz CT molecular complexity index is 1640. The highest BCUT2D eigenvalue weighted by Gasteiger charge is 2.54. The number of likely N-dealkylation sites (tertiary alicyclic amines) is 1. The first-order chi connectivity index (χ1) is 25.1. The van der Waals surface area contributed by atoms with E-state index in [0.717, 1.165) is 4.90 Å². The third-order valence-electron chi connectivity index (χ3n) is 9.49. The Morgan fingerprint density at radius 2 is 1.63 bits per heavy atom. The van der Waals surface area contributed by atoms with Crippen LogP contribution < -0.4 is 21.4 Å². The molecular formula is C35H43F6N5O8. The summed E-state index contributed by atoms with van der Waals surface area (Å²) in [4.78, 5) is 74.1. The van der Waals surface area contributed by atoms with Crippen molar-refractivity contribution in [3.63, 3.8) is 0 Å². The van der Waals surface area contributed by atoms with Crippen LogP contribution in [0.5, 0.6) is 0 Å². The molecule has 1 saturated carbocycles. The molecule has 1 aromatic carbocycles. The van der Waals surface area contributed by atoms with E-state index in [1.165, 1.54) is 6.08 Å². The van der Waals surface area contributed by atoms with Gasteiger partial charge in [0.15, 0.2) is 0 Å². The molecule has 1 spiro atoms. The predicted octanol–water partition coefficient (Wildman–Crippen LogP) is 4.00. The number of nitrogens with zero attached hydrogens (tertiary/aromatic N) is 1. The summed E-state index contributed by atoms with van der Waals surface area (Å²) < 4.78 is 92.7. The first kappa shape index (κ1) is 40.8. The molecule has 4 N–H and O–H groups in total. The van der Waals surface area contributed by atoms with Crippen LogP contribution in [-0.4, -0.2) is 90.1 Å². The molecule has 1 aromatic rings. The maximum Gasteiger partial charge on any atom is 0.416 e. The van der Waals surface area contributed by atoms with Gasteiger partial charge in [-0.2, -0.15) is 26.3 Å². The predicted molar refractivity (Wildman–Crippen MR) is 177 cm³/mol. The summed E-state index contributed by atoms with van der Waals surface area (Å²) in [5, 5.41) is 7.71. The zero-order chi connectivity index (χ0) is 39.8. The van der Waals surface area contributed by atoms with Gasteiger partial charge < -0.3 is 30.3 Å². The van der Waals surface area contributed by atoms with Crippen LogP contribution in [0.3, 0.4) is 0 Å². The number of halogens is 6. The molecule has 5 rings (SSSR count). The molecule has 0 radical (unpaired) electrons. The first-order valence-electron chi connectivity index (χ1n) is 17.6. The average Bonchev–Trinajstić information content (AvgIpc) is 3.42. The Hall–Kier alpha value is -4.39. The highest BCUT2D eigenvalue weighted by Crippen LogP contribution is 2.42. The monoisotopic (exact) mass is 775 g/mol. The zero-order valence-corrected chi connectivity index (χ0v) is 30.0. The van der Waals surface area contributed by atoms with E-state index in [2.05, 4.69) is 21.4 Å². The third-order valence-corrected chi connectivity index (χ3v) is 9.49. The largest absolute Gasteiger partial charge is 0.444 e. The maximum absolute atomic E-state index is 14.4. The number of hydrogen-bond donors (Lipinski definition) is 4.